The van der Waals surface area contributed by atoms with E-state index >= 15 is 0 Å². The SMILES string of the molecule is CC(C)(CCBr)CNC(=O)c1ccc2c(c1)COC2. The minimum absolute atomic E-state index is 0.00246. The number of amides is 1. The molecule has 3 nitrogen and oxygen atoms in total. The lowest BCUT2D eigenvalue weighted by atomic mass is 9.90. The monoisotopic (exact) mass is 325 g/mol. The van der Waals surface area contributed by atoms with Crippen molar-refractivity contribution < 1.29 is 9.53 Å². The van der Waals surface area contributed by atoms with Crippen molar-refractivity contribution in [3.8, 4) is 0 Å². The average molecular weight is 326 g/mol. The summed E-state index contributed by atoms with van der Waals surface area (Å²) in [5.74, 6) is -0.00246. The van der Waals surface area contributed by atoms with Crippen molar-refractivity contribution >= 4 is 21.8 Å². The number of alkyl halides is 1. The van der Waals surface area contributed by atoms with Gasteiger partial charge < -0.3 is 10.1 Å². The predicted molar refractivity (Wildman–Crippen MR) is 79.5 cm³/mol. The fraction of sp³-hybridized carbons (Fsp3) is 0.533. The molecule has 0 spiro atoms. The van der Waals surface area contributed by atoms with Crippen molar-refractivity contribution in [2.75, 3.05) is 11.9 Å². The van der Waals surface area contributed by atoms with Gasteiger partial charge >= 0.3 is 0 Å². The molecule has 1 amide bonds. The number of carbonyl (C=O) groups is 1. The fourth-order valence-corrected chi connectivity index (χ4v) is 3.15. The van der Waals surface area contributed by atoms with Crippen molar-refractivity contribution in [1.29, 1.82) is 0 Å². The van der Waals surface area contributed by atoms with Gasteiger partial charge in [-0.05, 0) is 35.1 Å². The van der Waals surface area contributed by atoms with Gasteiger partial charge in [0.25, 0.3) is 5.91 Å². The highest BCUT2D eigenvalue weighted by molar-refractivity contribution is 9.09. The molecular formula is C15H20BrNO2. The van der Waals surface area contributed by atoms with Crippen molar-refractivity contribution in [3.63, 3.8) is 0 Å². The van der Waals surface area contributed by atoms with E-state index in [2.05, 4.69) is 35.1 Å². The Balaban J connectivity index is 1.97. The van der Waals surface area contributed by atoms with E-state index in [1.165, 1.54) is 5.56 Å². The normalized spacial score (nSPS) is 14.3. The quantitative estimate of drug-likeness (QED) is 0.844. The van der Waals surface area contributed by atoms with E-state index in [1.54, 1.807) is 0 Å². The third-order valence-electron chi connectivity index (χ3n) is 3.48. The average Bonchev–Trinajstić information content (AvgIpc) is 2.83. The smallest absolute Gasteiger partial charge is 0.251 e. The molecule has 2 rings (SSSR count). The number of rotatable bonds is 5. The van der Waals surface area contributed by atoms with Crippen LogP contribution in [0.5, 0.6) is 0 Å². The maximum absolute atomic E-state index is 12.1. The van der Waals surface area contributed by atoms with Crippen LogP contribution in [0.25, 0.3) is 0 Å². The summed E-state index contributed by atoms with van der Waals surface area (Å²) in [7, 11) is 0. The summed E-state index contributed by atoms with van der Waals surface area (Å²) in [6, 6.07) is 5.80. The molecule has 1 aliphatic rings. The lowest BCUT2D eigenvalue weighted by molar-refractivity contribution is 0.0936. The molecule has 0 saturated carbocycles. The van der Waals surface area contributed by atoms with E-state index in [1.807, 2.05) is 18.2 Å². The first-order valence-corrected chi connectivity index (χ1v) is 7.68. The molecule has 4 heteroatoms. The summed E-state index contributed by atoms with van der Waals surface area (Å²) in [4.78, 5) is 12.1. The number of halogens is 1. The van der Waals surface area contributed by atoms with Crippen LogP contribution < -0.4 is 5.32 Å². The molecule has 0 aromatic heterocycles. The first-order chi connectivity index (χ1) is 9.02. The van der Waals surface area contributed by atoms with E-state index in [0.717, 1.165) is 22.9 Å². The van der Waals surface area contributed by atoms with E-state index in [-0.39, 0.29) is 11.3 Å². The molecule has 0 radical (unpaired) electrons. The lowest BCUT2D eigenvalue weighted by Gasteiger charge is -2.23. The van der Waals surface area contributed by atoms with Gasteiger partial charge in [0.15, 0.2) is 0 Å². The minimum atomic E-state index is -0.00246. The molecule has 0 unspecified atom stereocenters. The second-order valence-electron chi connectivity index (χ2n) is 5.76. The molecular weight excluding hydrogens is 306 g/mol. The van der Waals surface area contributed by atoms with E-state index in [4.69, 9.17) is 4.74 Å². The summed E-state index contributed by atoms with van der Waals surface area (Å²) in [6.07, 6.45) is 1.03. The topological polar surface area (TPSA) is 38.3 Å². The second-order valence-corrected chi connectivity index (χ2v) is 6.56. The molecule has 0 saturated heterocycles. The van der Waals surface area contributed by atoms with Crippen LogP contribution in [0.3, 0.4) is 0 Å². The van der Waals surface area contributed by atoms with Gasteiger partial charge in [0.05, 0.1) is 13.2 Å². The van der Waals surface area contributed by atoms with Crippen LogP contribution in [0.2, 0.25) is 0 Å². The van der Waals surface area contributed by atoms with Gasteiger partial charge in [0.1, 0.15) is 0 Å². The lowest BCUT2D eigenvalue weighted by Crippen LogP contribution is -2.34. The minimum Gasteiger partial charge on any atom is -0.372 e. The number of ether oxygens (including phenoxy) is 1. The number of carbonyl (C=O) groups excluding carboxylic acids is 1. The van der Waals surface area contributed by atoms with Gasteiger partial charge in [-0.25, -0.2) is 0 Å². The van der Waals surface area contributed by atoms with Crippen LogP contribution in [-0.4, -0.2) is 17.8 Å². The van der Waals surface area contributed by atoms with E-state index in [0.29, 0.717) is 19.8 Å². The van der Waals surface area contributed by atoms with Crippen LogP contribution >= 0.6 is 15.9 Å². The van der Waals surface area contributed by atoms with Crippen molar-refractivity contribution in [1.82, 2.24) is 5.32 Å². The summed E-state index contributed by atoms with van der Waals surface area (Å²) in [5, 5.41) is 3.97. The Morgan fingerprint density at radius 2 is 2.11 bits per heavy atom. The Labute approximate surface area is 122 Å². The number of fused-ring (bicyclic) bond motifs is 1. The number of nitrogens with one attached hydrogen (secondary N) is 1. The van der Waals surface area contributed by atoms with Crippen molar-refractivity contribution in [2.24, 2.45) is 5.41 Å². The van der Waals surface area contributed by atoms with Gasteiger partial charge in [-0.2, -0.15) is 0 Å². The second kappa shape index (κ2) is 6.06. The molecule has 0 bridgehead atoms. The van der Waals surface area contributed by atoms with Gasteiger partial charge in [0.2, 0.25) is 0 Å². The first kappa shape index (κ1) is 14.5. The Hall–Kier alpha value is -0.870. The zero-order valence-electron chi connectivity index (χ0n) is 11.5. The standard InChI is InChI=1S/C15H20BrNO2/c1-15(2,5-6-16)10-17-14(18)11-3-4-12-8-19-9-13(12)7-11/h3-4,7H,5-6,8-10H2,1-2H3,(H,17,18). The summed E-state index contributed by atoms with van der Waals surface area (Å²) in [5.41, 5.74) is 3.15. The molecule has 1 heterocycles. The van der Waals surface area contributed by atoms with Gasteiger partial charge in [-0.1, -0.05) is 35.8 Å². The van der Waals surface area contributed by atoms with Gasteiger partial charge in [-0.15, -0.1) is 0 Å². The Morgan fingerprint density at radius 3 is 2.84 bits per heavy atom. The Bertz CT molecular complexity index is 471. The maximum atomic E-state index is 12.1. The molecule has 19 heavy (non-hydrogen) atoms. The van der Waals surface area contributed by atoms with Crippen LogP contribution in [0, 0.1) is 5.41 Å². The van der Waals surface area contributed by atoms with E-state index in [9.17, 15) is 4.79 Å². The molecule has 1 aromatic carbocycles. The summed E-state index contributed by atoms with van der Waals surface area (Å²) >= 11 is 3.44. The van der Waals surface area contributed by atoms with Gasteiger partial charge in [0, 0.05) is 17.4 Å². The highest BCUT2D eigenvalue weighted by atomic mass is 79.9. The van der Waals surface area contributed by atoms with Crippen LogP contribution in [0.1, 0.15) is 41.8 Å². The predicted octanol–water partition coefficient (Wildman–Crippen LogP) is 3.26. The van der Waals surface area contributed by atoms with Crippen LogP contribution in [0.15, 0.2) is 18.2 Å². The zero-order chi connectivity index (χ0) is 13.9. The molecule has 0 fully saturated rings. The largest absolute Gasteiger partial charge is 0.372 e. The summed E-state index contributed by atoms with van der Waals surface area (Å²) < 4.78 is 5.36. The van der Waals surface area contributed by atoms with Crippen LogP contribution in [-0.2, 0) is 18.0 Å². The van der Waals surface area contributed by atoms with E-state index < -0.39 is 0 Å². The van der Waals surface area contributed by atoms with Crippen LogP contribution in [0.4, 0.5) is 0 Å². The van der Waals surface area contributed by atoms with Crippen molar-refractivity contribution in [2.45, 2.75) is 33.5 Å². The van der Waals surface area contributed by atoms with Crippen molar-refractivity contribution in [3.05, 3.63) is 34.9 Å². The zero-order valence-corrected chi connectivity index (χ0v) is 13.0. The third-order valence-corrected chi connectivity index (χ3v) is 3.88. The highest BCUT2D eigenvalue weighted by Gasteiger charge is 2.19. The molecule has 1 N–H and O–H groups in total. The van der Waals surface area contributed by atoms with Gasteiger partial charge in [-0.3, -0.25) is 4.79 Å². The first-order valence-electron chi connectivity index (χ1n) is 6.55. The fourth-order valence-electron chi connectivity index (χ4n) is 2.08. The Morgan fingerprint density at radius 1 is 1.37 bits per heavy atom. The molecule has 0 aliphatic carbocycles. The number of hydrogen-bond donors (Lipinski definition) is 1. The number of benzene rings is 1. The molecule has 1 aromatic rings. The highest BCUT2D eigenvalue weighted by Crippen LogP contribution is 2.22. The molecule has 0 atom stereocenters. The molecule has 1 aliphatic heterocycles. The summed E-state index contributed by atoms with van der Waals surface area (Å²) in [6.45, 7) is 6.28. The maximum Gasteiger partial charge on any atom is 0.251 e. The third kappa shape index (κ3) is 3.80. The Kier molecular flexibility index (Phi) is 4.63. The molecule has 104 valence electrons. The number of hydrogen-bond acceptors (Lipinski definition) is 2.